The fraction of sp³-hybridized carbons (Fsp3) is 0.800. The van der Waals surface area contributed by atoms with Crippen molar-refractivity contribution in [2.45, 2.75) is 89.9 Å². The Bertz CT molecular complexity index is 293. The molecule has 2 nitrogen and oxygen atoms in total. The van der Waals surface area contributed by atoms with Crippen LogP contribution in [0.5, 0.6) is 0 Å². The third kappa shape index (κ3) is 19.0. The van der Waals surface area contributed by atoms with E-state index in [1.165, 1.54) is 51.4 Å². The lowest BCUT2D eigenvalue weighted by molar-refractivity contribution is 0.282. The fourth-order valence-electron chi connectivity index (χ4n) is 2.28. The summed E-state index contributed by atoms with van der Waals surface area (Å²) < 4.78 is 0. The topological polar surface area (TPSA) is 40.5 Å². The SMILES string of the molecule is OCCCCCCCCC#CC#CCCCCCCCCO. The van der Waals surface area contributed by atoms with Crippen LogP contribution in [0.3, 0.4) is 0 Å². The van der Waals surface area contributed by atoms with Gasteiger partial charge in [-0.05, 0) is 37.5 Å². The molecule has 2 N–H and O–H groups in total. The summed E-state index contributed by atoms with van der Waals surface area (Å²) in [6, 6.07) is 0. The van der Waals surface area contributed by atoms with Crippen molar-refractivity contribution in [1.82, 2.24) is 0 Å². The van der Waals surface area contributed by atoms with Crippen LogP contribution >= 0.6 is 0 Å². The largest absolute Gasteiger partial charge is 0.396 e. The molecule has 0 saturated carbocycles. The van der Waals surface area contributed by atoms with Crippen LogP contribution in [0.25, 0.3) is 0 Å². The molecule has 0 heterocycles. The number of hydrogen-bond acceptors (Lipinski definition) is 2. The first-order chi connectivity index (χ1) is 10.9. The molecular formula is C20H34O2. The Hall–Kier alpha value is -0.960. The van der Waals surface area contributed by atoms with Crippen LogP contribution < -0.4 is 0 Å². The Morgan fingerprint density at radius 2 is 0.727 bits per heavy atom. The predicted octanol–water partition coefficient (Wildman–Crippen LogP) is 4.44. The predicted molar refractivity (Wildman–Crippen MR) is 94.4 cm³/mol. The van der Waals surface area contributed by atoms with E-state index in [1.807, 2.05) is 0 Å². The number of hydrogen-bond donors (Lipinski definition) is 2. The van der Waals surface area contributed by atoms with E-state index in [4.69, 9.17) is 10.2 Å². The number of unbranched alkanes of at least 4 members (excludes halogenated alkanes) is 12. The van der Waals surface area contributed by atoms with Crippen LogP contribution in [-0.2, 0) is 0 Å². The summed E-state index contributed by atoms with van der Waals surface area (Å²) in [6.45, 7) is 0.654. The average molecular weight is 306 g/mol. The normalized spacial score (nSPS) is 9.73. The maximum atomic E-state index is 8.66. The second-order valence-corrected chi connectivity index (χ2v) is 5.79. The second-order valence-electron chi connectivity index (χ2n) is 5.79. The van der Waals surface area contributed by atoms with Crippen LogP contribution in [-0.4, -0.2) is 23.4 Å². The van der Waals surface area contributed by atoms with E-state index in [9.17, 15) is 0 Å². The van der Waals surface area contributed by atoms with Crippen LogP contribution in [0.2, 0.25) is 0 Å². The van der Waals surface area contributed by atoms with Crippen molar-refractivity contribution < 1.29 is 10.2 Å². The summed E-state index contributed by atoms with van der Waals surface area (Å²) in [7, 11) is 0. The third-order valence-electron chi connectivity index (χ3n) is 3.66. The van der Waals surface area contributed by atoms with E-state index in [0.717, 1.165) is 38.5 Å². The number of aliphatic hydroxyl groups excluding tert-OH is 2. The Morgan fingerprint density at radius 1 is 0.409 bits per heavy atom. The van der Waals surface area contributed by atoms with Crippen LogP contribution in [0.4, 0.5) is 0 Å². The highest BCUT2D eigenvalue weighted by molar-refractivity contribution is 5.25. The Labute approximate surface area is 137 Å². The van der Waals surface area contributed by atoms with Crippen molar-refractivity contribution in [3.8, 4) is 23.7 Å². The molecule has 0 aromatic heterocycles. The van der Waals surface area contributed by atoms with E-state index in [1.54, 1.807) is 0 Å². The van der Waals surface area contributed by atoms with E-state index >= 15 is 0 Å². The van der Waals surface area contributed by atoms with Crippen molar-refractivity contribution in [1.29, 1.82) is 0 Å². The molecule has 2 heteroatoms. The molecule has 0 rings (SSSR count). The van der Waals surface area contributed by atoms with Gasteiger partial charge in [0.1, 0.15) is 0 Å². The monoisotopic (exact) mass is 306 g/mol. The molecule has 0 atom stereocenters. The molecule has 0 aromatic carbocycles. The van der Waals surface area contributed by atoms with E-state index in [-0.39, 0.29) is 0 Å². The molecule has 0 fully saturated rings. The lowest BCUT2D eigenvalue weighted by Crippen LogP contribution is -1.83. The van der Waals surface area contributed by atoms with Crippen molar-refractivity contribution in [2.75, 3.05) is 13.2 Å². The Morgan fingerprint density at radius 3 is 1.09 bits per heavy atom. The summed E-state index contributed by atoms with van der Waals surface area (Å²) in [4.78, 5) is 0. The molecule has 0 radical (unpaired) electrons. The summed E-state index contributed by atoms with van der Waals surface area (Å²) in [5.74, 6) is 12.1. The Balaban J connectivity index is 3.23. The zero-order valence-electron chi connectivity index (χ0n) is 14.2. The highest BCUT2D eigenvalue weighted by Crippen LogP contribution is 2.07. The molecular weight excluding hydrogens is 272 g/mol. The van der Waals surface area contributed by atoms with Gasteiger partial charge in [-0.3, -0.25) is 0 Å². The summed E-state index contributed by atoms with van der Waals surface area (Å²) in [5, 5.41) is 17.3. The van der Waals surface area contributed by atoms with Crippen molar-refractivity contribution in [3.63, 3.8) is 0 Å². The van der Waals surface area contributed by atoms with Gasteiger partial charge in [0.2, 0.25) is 0 Å². The van der Waals surface area contributed by atoms with Gasteiger partial charge in [-0.15, -0.1) is 0 Å². The van der Waals surface area contributed by atoms with Crippen LogP contribution in [0.1, 0.15) is 89.9 Å². The minimum absolute atomic E-state index is 0.327. The van der Waals surface area contributed by atoms with Crippen molar-refractivity contribution in [3.05, 3.63) is 0 Å². The number of aliphatic hydroxyl groups is 2. The minimum Gasteiger partial charge on any atom is -0.396 e. The third-order valence-corrected chi connectivity index (χ3v) is 3.66. The van der Waals surface area contributed by atoms with Gasteiger partial charge in [-0.1, -0.05) is 63.2 Å². The van der Waals surface area contributed by atoms with Gasteiger partial charge < -0.3 is 10.2 Å². The van der Waals surface area contributed by atoms with Crippen molar-refractivity contribution in [2.24, 2.45) is 0 Å². The lowest BCUT2D eigenvalue weighted by atomic mass is 10.1. The molecule has 126 valence electrons. The number of rotatable bonds is 14. The lowest BCUT2D eigenvalue weighted by Gasteiger charge is -1.97. The molecule has 0 aliphatic heterocycles. The summed E-state index contributed by atoms with van der Waals surface area (Å²) >= 11 is 0. The zero-order chi connectivity index (χ0) is 16.1. The quantitative estimate of drug-likeness (QED) is 0.368. The zero-order valence-corrected chi connectivity index (χ0v) is 14.2. The molecule has 0 aliphatic carbocycles. The van der Waals surface area contributed by atoms with Gasteiger partial charge in [0.15, 0.2) is 0 Å². The second kappa shape index (κ2) is 20.0. The standard InChI is InChI=1S/C20H34O2/c21-19-17-15-13-11-9-7-5-3-1-2-4-6-8-10-12-14-16-18-20-22/h21-22H,5-20H2. The molecule has 0 aliphatic rings. The first-order valence-corrected chi connectivity index (χ1v) is 9.09. The fourth-order valence-corrected chi connectivity index (χ4v) is 2.28. The molecule has 0 bridgehead atoms. The van der Waals surface area contributed by atoms with Gasteiger partial charge in [-0.2, -0.15) is 0 Å². The minimum atomic E-state index is 0.327. The van der Waals surface area contributed by atoms with E-state index in [0.29, 0.717) is 13.2 Å². The highest BCUT2D eigenvalue weighted by Gasteiger charge is 1.90. The smallest absolute Gasteiger partial charge is 0.0431 e. The molecule has 0 spiro atoms. The average Bonchev–Trinajstić information content (AvgIpc) is 2.54. The maximum absolute atomic E-state index is 8.66. The molecule has 0 unspecified atom stereocenters. The summed E-state index contributed by atoms with van der Waals surface area (Å²) in [5.41, 5.74) is 0. The molecule has 0 saturated heterocycles. The first-order valence-electron chi connectivity index (χ1n) is 9.09. The van der Waals surface area contributed by atoms with Crippen LogP contribution in [0, 0.1) is 23.7 Å². The van der Waals surface area contributed by atoms with Gasteiger partial charge >= 0.3 is 0 Å². The van der Waals surface area contributed by atoms with E-state index < -0.39 is 0 Å². The van der Waals surface area contributed by atoms with Gasteiger partial charge in [0, 0.05) is 26.1 Å². The maximum Gasteiger partial charge on any atom is 0.0431 e. The van der Waals surface area contributed by atoms with Gasteiger partial charge in [0.25, 0.3) is 0 Å². The molecule has 0 aromatic rings. The van der Waals surface area contributed by atoms with E-state index in [2.05, 4.69) is 23.7 Å². The van der Waals surface area contributed by atoms with Crippen molar-refractivity contribution >= 4 is 0 Å². The van der Waals surface area contributed by atoms with Gasteiger partial charge in [0.05, 0.1) is 0 Å². The molecule has 22 heavy (non-hydrogen) atoms. The molecule has 0 amide bonds. The Kier molecular flexibility index (Phi) is 19.2. The highest BCUT2D eigenvalue weighted by atomic mass is 16.3. The van der Waals surface area contributed by atoms with Gasteiger partial charge in [-0.25, -0.2) is 0 Å². The van der Waals surface area contributed by atoms with Crippen LogP contribution in [0.15, 0.2) is 0 Å². The first kappa shape index (κ1) is 21.0. The summed E-state index contributed by atoms with van der Waals surface area (Å²) in [6.07, 6.45) is 15.9.